The molecule has 0 aliphatic carbocycles. The molecular weight excluding hydrogens is 270 g/mol. The molecule has 0 fully saturated rings. The van der Waals surface area contributed by atoms with Crippen molar-refractivity contribution in [2.24, 2.45) is 0 Å². The number of hydrogen-bond donors (Lipinski definition) is 1. The molecule has 2 aromatic heterocycles. The van der Waals surface area contributed by atoms with Crippen LogP contribution in [0.25, 0.3) is 0 Å². The fourth-order valence-corrected chi connectivity index (χ4v) is 2.41. The lowest BCUT2D eigenvalue weighted by Crippen LogP contribution is -2.05. The predicted molar refractivity (Wildman–Crippen MR) is 81.0 cm³/mol. The lowest BCUT2D eigenvalue weighted by Gasteiger charge is -2.08. The van der Waals surface area contributed by atoms with E-state index in [1.54, 1.807) is 18.6 Å². The van der Waals surface area contributed by atoms with Gasteiger partial charge in [-0.1, -0.05) is 13.8 Å². The number of rotatable bonds is 7. The first-order chi connectivity index (χ1) is 9.81. The molecule has 6 heteroatoms. The molecule has 2 rings (SSSR count). The number of aryl methyl sites for hydroxylation is 1. The maximum atomic E-state index is 4.57. The van der Waals surface area contributed by atoms with Gasteiger partial charge in [-0.05, 0) is 24.6 Å². The van der Waals surface area contributed by atoms with Gasteiger partial charge in [0.25, 0.3) is 0 Å². The highest BCUT2D eigenvalue weighted by Crippen LogP contribution is 2.25. The van der Waals surface area contributed by atoms with E-state index < -0.39 is 0 Å². The molecule has 0 amide bonds. The Kier molecular flexibility index (Phi) is 5.73. The second kappa shape index (κ2) is 7.79. The molecule has 0 saturated heterocycles. The Morgan fingerprint density at radius 3 is 2.70 bits per heavy atom. The fraction of sp³-hybridized carbons (Fsp3) is 0.429. The Hall–Kier alpha value is -1.69. The highest BCUT2D eigenvalue weighted by molar-refractivity contribution is 7.99. The van der Waals surface area contributed by atoms with Crippen molar-refractivity contribution in [3.05, 3.63) is 30.5 Å². The van der Waals surface area contributed by atoms with Gasteiger partial charge in [-0.15, -0.1) is 0 Å². The van der Waals surface area contributed by atoms with Crippen LogP contribution in [0.15, 0.2) is 34.7 Å². The smallest absolute Gasteiger partial charge is 0.132 e. The average molecular weight is 289 g/mol. The van der Waals surface area contributed by atoms with Crippen LogP contribution in [0, 0.1) is 0 Å². The van der Waals surface area contributed by atoms with E-state index in [1.165, 1.54) is 11.8 Å². The Morgan fingerprint density at radius 1 is 1.10 bits per heavy atom. The summed E-state index contributed by atoms with van der Waals surface area (Å²) in [4.78, 5) is 17.4. The van der Waals surface area contributed by atoms with Crippen LogP contribution in [0.5, 0.6) is 0 Å². The third-order valence-electron chi connectivity index (χ3n) is 2.53. The number of aromatic nitrogens is 4. The molecule has 0 aliphatic rings. The van der Waals surface area contributed by atoms with Gasteiger partial charge in [-0.2, -0.15) is 0 Å². The van der Waals surface area contributed by atoms with Gasteiger partial charge in [-0.3, -0.25) is 4.98 Å². The zero-order valence-electron chi connectivity index (χ0n) is 11.8. The number of nitrogens with zero attached hydrogens (tertiary/aromatic N) is 4. The van der Waals surface area contributed by atoms with E-state index in [4.69, 9.17) is 0 Å². The highest BCUT2D eigenvalue weighted by Gasteiger charge is 2.06. The molecule has 106 valence electrons. The van der Waals surface area contributed by atoms with Crippen LogP contribution in [0.1, 0.15) is 32.5 Å². The molecule has 2 aromatic rings. The zero-order valence-corrected chi connectivity index (χ0v) is 12.7. The summed E-state index contributed by atoms with van der Waals surface area (Å²) in [5, 5.41) is 5.07. The van der Waals surface area contributed by atoms with Crippen molar-refractivity contribution in [1.29, 1.82) is 0 Å². The molecule has 0 aliphatic heterocycles. The van der Waals surface area contributed by atoms with Gasteiger partial charge in [-0.25, -0.2) is 15.0 Å². The first-order valence-electron chi connectivity index (χ1n) is 6.87. The normalized spacial score (nSPS) is 10.5. The monoisotopic (exact) mass is 289 g/mol. The zero-order chi connectivity index (χ0) is 14.2. The van der Waals surface area contributed by atoms with Crippen molar-refractivity contribution in [3.63, 3.8) is 0 Å². The van der Waals surface area contributed by atoms with Crippen molar-refractivity contribution < 1.29 is 0 Å². The van der Waals surface area contributed by atoms with E-state index in [9.17, 15) is 0 Å². The van der Waals surface area contributed by atoms with Gasteiger partial charge >= 0.3 is 0 Å². The second-order valence-corrected chi connectivity index (χ2v) is 5.37. The third kappa shape index (κ3) is 4.45. The summed E-state index contributed by atoms with van der Waals surface area (Å²) in [6, 6.07) is 1.97. The summed E-state index contributed by atoms with van der Waals surface area (Å²) in [6.45, 7) is 5.18. The molecule has 1 N–H and O–H groups in total. The first-order valence-corrected chi connectivity index (χ1v) is 7.69. The van der Waals surface area contributed by atoms with Crippen molar-refractivity contribution in [2.45, 2.75) is 43.2 Å². The largest absolute Gasteiger partial charge is 0.370 e. The van der Waals surface area contributed by atoms with E-state index in [0.717, 1.165) is 47.5 Å². The minimum absolute atomic E-state index is 0.843. The van der Waals surface area contributed by atoms with E-state index >= 15 is 0 Å². The topological polar surface area (TPSA) is 63.6 Å². The van der Waals surface area contributed by atoms with Crippen molar-refractivity contribution in [2.75, 3.05) is 11.9 Å². The molecule has 0 unspecified atom stereocenters. The quantitative estimate of drug-likeness (QED) is 0.790. The predicted octanol–water partition coefficient (Wildman–Crippen LogP) is 3.19. The Morgan fingerprint density at radius 2 is 2.00 bits per heavy atom. The van der Waals surface area contributed by atoms with Crippen LogP contribution >= 0.6 is 11.8 Å². The first kappa shape index (κ1) is 14.7. The maximum absolute atomic E-state index is 4.57. The maximum Gasteiger partial charge on any atom is 0.132 e. The molecule has 0 radical (unpaired) electrons. The minimum Gasteiger partial charge on any atom is -0.370 e. The molecular formula is C14H19N5S. The van der Waals surface area contributed by atoms with Gasteiger partial charge in [0.05, 0.1) is 6.20 Å². The molecule has 0 aromatic carbocycles. The molecule has 2 heterocycles. The average Bonchev–Trinajstić information content (AvgIpc) is 2.46. The van der Waals surface area contributed by atoms with Crippen LogP contribution in [-0.2, 0) is 6.42 Å². The SMILES string of the molecule is CCCNc1cc(Sc2cnccn2)nc(CCC)n1. The highest BCUT2D eigenvalue weighted by atomic mass is 32.2. The van der Waals surface area contributed by atoms with E-state index in [2.05, 4.69) is 39.1 Å². The molecule has 20 heavy (non-hydrogen) atoms. The summed E-state index contributed by atoms with van der Waals surface area (Å²) in [6.07, 6.45) is 8.08. The molecule has 5 nitrogen and oxygen atoms in total. The van der Waals surface area contributed by atoms with E-state index in [-0.39, 0.29) is 0 Å². The molecule has 0 atom stereocenters. The Balaban J connectivity index is 2.19. The molecule has 0 saturated carbocycles. The van der Waals surface area contributed by atoms with Gasteiger partial charge in [0.2, 0.25) is 0 Å². The molecule has 0 spiro atoms. The Labute approximate surface area is 123 Å². The Bertz CT molecular complexity index is 532. The van der Waals surface area contributed by atoms with Crippen LogP contribution in [0.3, 0.4) is 0 Å². The van der Waals surface area contributed by atoms with Crippen molar-refractivity contribution in [3.8, 4) is 0 Å². The van der Waals surface area contributed by atoms with Gasteiger partial charge in [0, 0.05) is 31.4 Å². The van der Waals surface area contributed by atoms with Crippen LogP contribution in [0.2, 0.25) is 0 Å². The second-order valence-electron chi connectivity index (χ2n) is 4.33. The van der Waals surface area contributed by atoms with Gasteiger partial charge < -0.3 is 5.32 Å². The van der Waals surface area contributed by atoms with Crippen LogP contribution in [0.4, 0.5) is 5.82 Å². The number of hydrogen-bond acceptors (Lipinski definition) is 6. The summed E-state index contributed by atoms with van der Waals surface area (Å²) >= 11 is 1.51. The van der Waals surface area contributed by atoms with E-state index in [1.807, 2.05) is 6.07 Å². The summed E-state index contributed by atoms with van der Waals surface area (Å²) in [5.74, 6) is 1.76. The summed E-state index contributed by atoms with van der Waals surface area (Å²) in [7, 11) is 0. The van der Waals surface area contributed by atoms with Gasteiger partial charge in [0.1, 0.15) is 21.7 Å². The lowest BCUT2D eigenvalue weighted by molar-refractivity contribution is 0.807. The fourth-order valence-electron chi connectivity index (χ4n) is 1.65. The summed E-state index contributed by atoms with van der Waals surface area (Å²) in [5.41, 5.74) is 0. The number of nitrogens with one attached hydrogen (secondary N) is 1. The third-order valence-corrected chi connectivity index (χ3v) is 3.37. The molecule has 0 bridgehead atoms. The lowest BCUT2D eigenvalue weighted by atomic mass is 10.3. The number of anilines is 1. The standard InChI is InChI=1S/C14H19N5S/c1-3-5-11-18-12(16-6-4-2)9-13(19-11)20-14-10-15-7-8-17-14/h7-10H,3-6H2,1-2H3,(H,16,18,19). The minimum atomic E-state index is 0.843. The van der Waals surface area contributed by atoms with E-state index in [0.29, 0.717) is 0 Å². The van der Waals surface area contributed by atoms with Crippen molar-refractivity contribution >= 4 is 17.6 Å². The van der Waals surface area contributed by atoms with Crippen molar-refractivity contribution in [1.82, 2.24) is 19.9 Å². The van der Waals surface area contributed by atoms with Crippen LogP contribution < -0.4 is 5.32 Å². The van der Waals surface area contributed by atoms with Gasteiger partial charge in [0.15, 0.2) is 0 Å². The van der Waals surface area contributed by atoms with Crippen LogP contribution in [-0.4, -0.2) is 26.5 Å². The summed E-state index contributed by atoms with van der Waals surface area (Å²) < 4.78 is 0.